The van der Waals surface area contributed by atoms with Crippen molar-refractivity contribution < 1.29 is 19.6 Å². The molecule has 1 aromatic rings. The summed E-state index contributed by atoms with van der Waals surface area (Å²) in [6, 6.07) is 3.52. The molecule has 0 amide bonds. The summed E-state index contributed by atoms with van der Waals surface area (Å²) < 4.78 is 5.17. The zero-order chi connectivity index (χ0) is 12.8. The van der Waals surface area contributed by atoms with Crippen LogP contribution in [0.4, 0.5) is 5.69 Å². The minimum absolute atomic E-state index is 0.0573. The van der Waals surface area contributed by atoms with E-state index < -0.39 is 10.9 Å². The molecule has 0 aromatic heterocycles. The van der Waals surface area contributed by atoms with Gasteiger partial charge in [-0.05, 0) is 18.6 Å². The van der Waals surface area contributed by atoms with E-state index in [0.29, 0.717) is 6.42 Å². The molecule has 0 radical (unpaired) electrons. The summed E-state index contributed by atoms with van der Waals surface area (Å²) in [6.45, 7) is 3.76. The predicted octanol–water partition coefficient (Wildman–Crippen LogP) is 2.25. The first-order valence-electron chi connectivity index (χ1n) is 4.81. The van der Waals surface area contributed by atoms with Gasteiger partial charge >= 0.3 is 11.7 Å². The van der Waals surface area contributed by atoms with Gasteiger partial charge in [0.2, 0.25) is 0 Å². The zero-order valence-corrected chi connectivity index (χ0v) is 8.96. The molecular weight excluding hydrogens is 226 g/mol. The van der Waals surface area contributed by atoms with Crippen molar-refractivity contribution in [1.29, 1.82) is 0 Å². The summed E-state index contributed by atoms with van der Waals surface area (Å²) in [5.41, 5.74) is -0.498. The average Bonchev–Trinajstić information content (AvgIpc) is 2.29. The number of hydrogen-bond donors (Lipinski definition) is 1. The molecule has 0 spiro atoms. The van der Waals surface area contributed by atoms with E-state index in [2.05, 4.69) is 6.58 Å². The number of carbonyl (C=O) groups is 1. The van der Waals surface area contributed by atoms with Crippen LogP contribution in [0, 0.1) is 10.1 Å². The normalized spacial score (nSPS) is 9.65. The van der Waals surface area contributed by atoms with Gasteiger partial charge in [-0.2, -0.15) is 0 Å². The number of benzene rings is 1. The quantitative estimate of drug-likeness (QED) is 0.354. The average molecular weight is 237 g/mol. The molecule has 1 N–H and O–H groups in total. The minimum atomic E-state index is -1.22. The predicted molar refractivity (Wildman–Crippen MR) is 60.4 cm³/mol. The smallest absolute Gasteiger partial charge is 0.335 e. The Labute approximate surface area is 97.3 Å². The van der Waals surface area contributed by atoms with Crippen LogP contribution < -0.4 is 4.74 Å². The van der Waals surface area contributed by atoms with Crippen molar-refractivity contribution >= 4 is 11.7 Å². The standard InChI is InChI=1S/C11H11NO5/c1-2-3-6-17-10-5-4-8(11(13)14)7-9(10)12(15)16/h2,4-5,7H,1,3,6H2,(H,13,14). The number of carboxylic acids is 1. The molecule has 1 aromatic carbocycles. The molecule has 0 aliphatic heterocycles. The van der Waals surface area contributed by atoms with Crippen LogP contribution >= 0.6 is 0 Å². The molecule has 17 heavy (non-hydrogen) atoms. The van der Waals surface area contributed by atoms with E-state index in [1.165, 1.54) is 12.1 Å². The Kier molecular flexibility index (Phi) is 4.21. The molecule has 6 heteroatoms. The third-order valence-corrected chi connectivity index (χ3v) is 1.98. The third kappa shape index (κ3) is 3.30. The van der Waals surface area contributed by atoms with Crippen molar-refractivity contribution in [1.82, 2.24) is 0 Å². The molecule has 0 atom stereocenters. The van der Waals surface area contributed by atoms with Gasteiger partial charge in [-0.3, -0.25) is 10.1 Å². The van der Waals surface area contributed by atoms with Gasteiger partial charge < -0.3 is 9.84 Å². The second kappa shape index (κ2) is 5.64. The molecule has 0 saturated carbocycles. The van der Waals surface area contributed by atoms with Gasteiger partial charge in [-0.25, -0.2) is 4.79 Å². The summed E-state index contributed by atoms with van der Waals surface area (Å²) in [4.78, 5) is 20.7. The van der Waals surface area contributed by atoms with Crippen LogP contribution in [0.15, 0.2) is 30.9 Å². The number of nitro groups is 1. The van der Waals surface area contributed by atoms with Crippen LogP contribution in [0.1, 0.15) is 16.8 Å². The lowest BCUT2D eigenvalue weighted by Crippen LogP contribution is -2.02. The number of rotatable bonds is 6. The molecule has 0 heterocycles. The maximum Gasteiger partial charge on any atom is 0.335 e. The summed E-state index contributed by atoms with van der Waals surface area (Å²) in [5.74, 6) is -1.16. The van der Waals surface area contributed by atoms with Gasteiger partial charge in [-0.15, -0.1) is 6.58 Å². The van der Waals surface area contributed by atoms with Crippen molar-refractivity contribution in [2.24, 2.45) is 0 Å². The Morgan fingerprint density at radius 3 is 2.82 bits per heavy atom. The fourth-order valence-electron chi connectivity index (χ4n) is 1.17. The lowest BCUT2D eigenvalue weighted by atomic mass is 10.2. The lowest BCUT2D eigenvalue weighted by molar-refractivity contribution is -0.385. The SMILES string of the molecule is C=CCCOc1ccc(C(=O)O)cc1[N+](=O)[O-]. The number of carboxylic acid groups (broad SMARTS) is 1. The lowest BCUT2D eigenvalue weighted by Gasteiger charge is -2.05. The van der Waals surface area contributed by atoms with E-state index >= 15 is 0 Å². The van der Waals surface area contributed by atoms with E-state index in [1.54, 1.807) is 6.08 Å². The van der Waals surface area contributed by atoms with E-state index in [9.17, 15) is 14.9 Å². The minimum Gasteiger partial charge on any atom is -0.486 e. The first kappa shape index (κ1) is 12.7. The molecule has 0 unspecified atom stereocenters. The number of nitro benzene ring substituents is 1. The highest BCUT2D eigenvalue weighted by atomic mass is 16.6. The van der Waals surface area contributed by atoms with Crippen molar-refractivity contribution in [3.63, 3.8) is 0 Å². The first-order valence-corrected chi connectivity index (χ1v) is 4.81. The van der Waals surface area contributed by atoms with Gasteiger partial charge in [0, 0.05) is 6.07 Å². The van der Waals surface area contributed by atoms with E-state index in [0.717, 1.165) is 6.07 Å². The second-order valence-electron chi connectivity index (χ2n) is 3.17. The van der Waals surface area contributed by atoms with E-state index in [-0.39, 0.29) is 23.6 Å². The molecule has 6 nitrogen and oxygen atoms in total. The molecule has 0 saturated heterocycles. The highest BCUT2D eigenvalue weighted by Crippen LogP contribution is 2.28. The Hall–Kier alpha value is -2.37. The Bertz CT molecular complexity index is 455. The van der Waals surface area contributed by atoms with E-state index in [4.69, 9.17) is 9.84 Å². The highest BCUT2D eigenvalue weighted by molar-refractivity contribution is 5.88. The third-order valence-electron chi connectivity index (χ3n) is 1.98. The van der Waals surface area contributed by atoms with Crippen molar-refractivity contribution in [3.05, 3.63) is 46.5 Å². The van der Waals surface area contributed by atoms with Crippen LogP contribution in [0.2, 0.25) is 0 Å². The summed E-state index contributed by atoms with van der Waals surface area (Å²) >= 11 is 0. The maximum absolute atomic E-state index is 10.7. The summed E-state index contributed by atoms with van der Waals surface area (Å²) in [5, 5.41) is 19.5. The monoisotopic (exact) mass is 237 g/mol. The van der Waals surface area contributed by atoms with Crippen molar-refractivity contribution in [2.45, 2.75) is 6.42 Å². The molecule has 90 valence electrons. The Balaban J connectivity index is 3.00. The summed E-state index contributed by atoms with van der Waals surface area (Å²) in [6.07, 6.45) is 2.18. The second-order valence-corrected chi connectivity index (χ2v) is 3.17. The van der Waals surface area contributed by atoms with Crippen molar-refractivity contribution in [2.75, 3.05) is 6.61 Å². The molecule has 0 bridgehead atoms. The molecule has 0 aliphatic carbocycles. The zero-order valence-electron chi connectivity index (χ0n) is 8.96. The fourth-order valence-corrected chi connectivity index (χ4v) is 1.17. The largest absolute Gasteiger partial charge is 0.486 e. The Morgan fingerprint density at radius 1 is 1.59 bits per heavy atom. The van der Waals surface area contributed by atoms with Gasteiger partial charge in [0.25, 0.3) is 0 Å². The highest BCUT2D eigenvalue weighted by Gasteiger charge is 2.18. The van der Waals surface area contributed by atoms with E-state index in [1.807, 2.05) is 0 Å². The van der Waals surface area contributed by atoms with Crippen LogP contribution in [0.5, 0.6) is 5.75 Å². The molecule has 1 rings (SSSR count). The van der Waals surface area contributed by atoms with Crippen LogP contribution in [0.3, 0.4) is 0 Å². The molecular formula is C11H11NO5. The first-order chi connectivity index (χ1) is 8.06. The van der Waals surface area contributed by atoms with Gasteiger partial charge in [0.15, 0.2) is 5.75 Å². The fraction of sp³-hybridized carbons (Fsp3) is 0.182. The number of nitrogens with zero attached hydrogens (tertiary/aromatic N) is 1. The number of ether oxygens (including phenoxy) is 1. The van der Waals surface area contributed by atoms with Crippen LogP contribution in [0.25, 0.3) is 0 Å². The molecule has 0 fully saturated rings. The molecule has 0 aliphatic rings. The van der Waals surface area contributed by atoms with Crippen molar-refractivity contribution in [3.8, 4) is 5.75 Å². The van der Waals surface area contributed by atoms with Crippen LogP contribution in [-0.2, 0) is 0 Å². The Morgan fingerprint density at radius 2 is 2.29 bits per heavy atom. The van der Waals surface area contributed by atoms with Gasteiger partial charge in [0.1, 0.15) is 0 Å². The number of hydrogen-bond acceptors (Lipinski definition) is 4. The van der Waals surface area contributed by atoms with Gasteiger partial charge in [0.05, 0.1) is 17.1 Å². The van der Waals surface area contributed by atoms with Gasteiger partial charge in [-0.1, -0.05) is 6.08 Å². The maximum atomic E-state index is 10.7. The summed E-state index contributed by atoms with van der Waals surface area (Å²) in [7, 11) is 0. The topological polar surface area (TPSA) is 89.7 Å². The number of aromatic carboxylic acids is 1. The van der Waals surface area contributed by atoms with Crippen LogP contribution in [-0.4, -0.2) is 22.6 Å².